The number of aromatic nitrogens is 1. The van der Waals surface area contributed by atoms with E-state index in [2.05, 4.69) is 42.2 Å². The van der Waals surface area contributed by atoms with Crippen LogP contribution in [0.3, 0.4) is 0 Å². The van der Waals surface area contributed by atoms with Crippen molar-refractivity contribution < 1.29 is 9.64 Å². The summed E-state index contributed by atoms with van der Waals surface area (Å²) in [5.41, 5.74) is 2.60. The highest BCUT2D eigenvalue weighted by Crippen LogP contribution is 2.16. The summed E-state index contributed by atoms with van der Waals surface area (Å²) in [4.78, 5) is 5.59. The van der Waals surface area contributed by atoms with E-state index in [1.807, 2.05) is 25.4 Å². The van der Waals surface area contributed by atoms with Crippen LogP contribution < -0.4 is 9.64 Å². The Morgan fingerprint density at radius 2 is 1.75 bits per heavy atom. The molecule has 0 saturated carbocycles. The van der Waals surface area contributed by atoms with Crippen molar-refractivity contribution in [3.05, 3.63) is 59.9 Å². The van der Waals surface area contributed by atoms with Crippen molar-refractivity contribution in [2.75, 3.05) is 13.2 Å². The predicted molar refractivity (Wildman–Crippen MR) is 80.8 cm³/mol. The Kier molecular flexibility index (Phi) is 5.56. The molecular weight excluding hydrogens is 248 g/mol. The first-order valence-electron chi connectivity index (χ1n) is 7.26. The van der Waals surface area contributed by atoms with Gasteiger partial charge in [0, 0.05) is 23.5 Å². The van der Waals surface area contributed by atoms with Gasteiger partial charge >= 0.3 is 0 Å². The van der Waals surface area contributed by atoms with Crippen LogP contribution in [-0.4, -0.2) is 18.1 Å². The fourth-order valence-electron chi connectivity index (χ4n) is 2.32. The number of quaternary nitrogens is 1. The smallest absolute Gasteiger partial charge is 0.128 e. The van der Waals surface area contributed by atoms with Crippen molar-refractivity contribution >= 4 is 0 Å². The Morgan fingerprint density at radius 1 is 1.00 bits per heavy atom. The molecule has 3 nitrogen and oxygen atoms in total. The minimum absolute atomic E-state index is 0.711. The number of nitrogens with one attached hydrogen (secondary N) is 1. The molecule has 0 saturated heterocycles. The molecule has 3 heteroatoms. The van der Waals surface area contributed by atoms with Gasteiger partial charge in [-0.3, -0.25) is 4.98 Å². The van der Waals surface area contributed by atoms with E-state index >= 15 is 0 Å². The van der Waals surface area contributed by atoms with Crippen LogP contribution in [0.15, 0.2) is 48.8 Å². The average Bonchev–Trinajstić information content (AvgIpc) is 2.50. The molecule has 1 heterocycles. The van der Waals surface area contributed by atoms with Gasteiger partial charge in [0.2, 0.25) is 0 Å². The van der Waals surface area contributed by atoms with Crippen LogP contribution in [0, 0.1) is 0 Å². The zero-order chi connectivity index (χ0) is 14.2. The quantitative estimate of drug-likeness (QED) is 0.834. The number of hydrogen-bond donors (Lipinski definition) is 1. The number of pyridine rings is 1. The maximum atomic E-state index is 5.71. The lowest BCUT2D eigenvalue weighted by Gasteiger charge is -2.19. The van der Waals surface area contributed by atoms with Gasteiger partial charge in [0.1, 0.15) is 18.8 Å². The van der Waals surface area contributed by atoms with Crippen molar-refractivity contribution in [1.82, 2.24) is 4.98 Å². The lowest BCUT2D eigenvalue weighted by molar-refractivity contribution is -0.925. The molecule has 1 aromatic heterocycles. The van der Waals surface area contributed by atoms with Crippen LogP contribution in [0.5, 0.6) is 5.75 Å². The third-order valence-corrected chi connectivity index (χ3v) is 3.42. The molecule has 0 spiro atoms. The van der Waals surface area contributed by atoms with Gasteiger partial charge < -0.3 is 9.64 Å². The number of para-hydroxylation sites is 1. The number of nitrogens with zero attached hydrogens (tertiary/aromatic N) is 1. The third kappa shape index (κ3) is 4.07. The number of ether oxygens (including phenoxy) is 1. The van der Waals surface area contributed by atoms with Gasteiger partial charge in [-0.1, -0.05) is 12.1 Å². The Bertz CT molecular complexity index is 513. The van der Waals surface area contributed by atoms with Crippen molar-refractivity contribution in [1.29, 1.82) is 0 Å². The van der Waals surface area contributed by atoms with Crippen LogP contribution in [0.1, 0.15) is 25.0 Å². The Hall–Kier alpha value is -1.87. The molecule has 2 rings (SSSR count). The Labute approximate surface area is 121 Å². The van der Waals surface area contributed by atoms with E-state index in [4.69, 9.17) is 4.74 Å². The molecule has 0 fully saturated rings. The van der Waals surface area contributed by atoms with Crippen molar-refractivity contribution in [3.63, 3.8) is 0 Å². The van der Waals surface area contributed by atoms with Gasteiger partial charge in [0.15, 0.2) is 0 Å². The van der Waals surface area contributed by atoms with E-state index in [0.29, 0.717) is 6.61 Å². The summed E-state index contributed by atoms with van der Waals surface area (Å²) < 4.78 is 5.71. The van der Waals surface area contributed by atoms with E-state index in [9.17, 15) is 0 Å². The predicted octanol–water partition coefficient (Wildman–Crippen LogP) is 2.09. The minimum Gasteiger partial charge on any atom is -0.493 e. The van der Waals surface area contributed by atoms with E-state index in [-0.39, 0.29) is 0 Å². The molecule has 1 unspecified atom stereocenters. The second kappa shape index (κ2) is 7.65. The number of rotatable bonds is 7. The molecule has 0 aliphatic heterocycles. The number of hydrogen-bond acceptors (Lipinski definition) is 2. The summed E-state index contributed by atoms with van der Waals surface area (Å²) in [6, 6.07) is 12.5. The monoisotopic (exact) mass is 271 g/mol. The lowest BCUT2D eigenvalue weighted by Crippen LogP contribution is -3.09. The standard InChI is InChI=1S/C17H22N2O/c1-3-19(13-15-9-11-18-12-10-15)14-16-7-5-6-8-17(16)20-4-2/h5-12H,3-4,13-14H2,1-2H3/p+1. The molecular formula is C17H23N2O+. The highest BCUT2D eigenvalue weighted by atomic mass is 16.5. The van der Waals surface area contributed by atoms with Crippen molar-refractivity contribution in [2.24, 2.45) is 0 Å². The van der Waals surface area contributed by atoms with Gasteiger partial charge in [-0.15, -0.1) is 0 Å². The van der Waals surface area contributed by atoms with Gasteiger partial charge in [-0.2, -0.15) is 0 Å². The first-order chi connectivity index (χ1) is 9.83. The fraction of sp³-hybridized carbons (Fsp3) is 0.353. The second-order valence-electron chi connectivity index (χ2n) is 4.85. The van der Waals surface area contributed by atoms with Gasteiger partial charge in [-0.05, 0) is 38.1 Å². The first kappa shape index (κ1) is 14.5. The molecule has 0 bridgehead atoms. The normalized spacial score (nSPS) is 12.1. The maximum Gasteiger partial charge on any atom is 0.128 e. The summed E-state index contributed by atoms with van der Waals surface area (Å²) in [5.74, 6) is 1.01. The molecule has 1 N–H and O–H groups in total. The average molecular weight is 271 g/mol. The molecule has 0 aliphatic carbocycles. The minimum atomic E-state index is 0.711. The molecule has 2 aromatic rings. The van der Waals surface area contributed by atoms with Gasteiger partial charge in [0.25, 0.3) is 0 Å². The highest BCUT2D eigenvalue weighted by molar-refractivity contribution is 5.32. The summed E-state index contributed by atoms with van der Waals surface area (Å²) in [7, 11) is 0. The van der Waals surface area contributed by atoms with Crippen molar-refractivity contribution in [2.45, 2.75) is 26.9 Å². The zero-order valence-corrected chi connectivity index (χ0v) is 12.3. The van der Waals surface area contributed by atoms with Crippen LogP contribution in [0.2, 0.25) is 0 Å². The fourth-order valence-corrected chi connectivity index (χ4v) is 2.32. The van der Waals surface area contributed by atoms with E-state index in [1.165, 1.54) is 16.0 Å². The van der Waals surface area contributed by atoms with Gasteiger partial charge in [-0.25, -0.2) is 0 Å². The molecule has 0 radical (unpaired) electrons. The molecule has 1 aromatic carbocycles. The van der Waals surface area contributed by atoms with Gasteiger partial charge in [0.05, 0.1) is 13.2 Å². The Balaban J connectivity index is 2.06. The zero-order valence-electron chi connectivity index (χ0n) is 12.3. The summed E-state index contributed by atoms with van der Waals surface area (Å²) in [6.45, 7) is 8.04. The molecule has 1 atom stereocenters. The lowest BCUT2D eigenvalue weighted by atomic mass is 10.1. The topological polar surface area (TPSA) is 26.6 Å². The molecule has 0 aliphatic rings. The summed E-state index contributed by atoms with van der Waals surface area (Å²) >= 11 is 0. The first-order valence-corrected chi connectivity index (χ1v) is 7.26. The summed E-state index contributed by atoms with van der Waals surface area (Å²) in [6.07, 6.45) is 3.72. The van der Waals surface area contributed by atoms with Crippen LogP contribution in [0.25, 0.3) is 0 Å². The highest BCUT2D eigenvalue weighted by Gasteiger charge is 2.11. The van der Waals surface area contributed by atoms with Crippen molar-refractivity contribution in [3.8, 4) is 5.75 Å². The third-order valence-electron chi connectivity index (χ3n) is 3.42. The van der Waals surface area contributed by atoms with E-state index in [0.717, 1.165) is 25.4 Å². The molecule has 20 heavy (non-hydrogen) atoms. The SMILES string of the molecule is CCOc1ccccc1C[NH+](CC)Cc1ccncc1. The van der Waals surface area contributed by atoms with Crippen LogP contribution in [0.4, 0.5) is 0 Å². The van der Waals surface area contributed by atoms with E-state index < -0.39 is 0 Å². The number of benzene rings is 1. The summed E-state index contributed by atoms with van der Waals surface area (Å²) in [5, 5.41) is 0. The van der Waals surface area contributed by atoms with E-state index in [1.54, 1.807) is 0 Å². The second-order valence-corrected chi connectivity index (χ2v) is 4.85. The maximum absolute atomic E-state index is 5.71. The molecule has 106 valence electrons. The largest absolute Gasteiger partial charge is 0.493 e. The molecule has 0 amide bonds. The van der Waals surface area contributed by atoms with Crippen LogP contribution in [-0.2, 0) is 13.1 Å². The van der Waals surface area contributed by atoms with Crippen LogP contribution >= 0.6 is 0 Å². The Morgan fingerprint density at radius 3 is 2.45 bits per heavy atom.